The molecule has 0 saturated carbocycles. The molecule has 0 radical (unpaired) electrons. The van der Waals surface area contributed by atoms with E-state index in [9.17, 15) is 0 Å². The summed E-state index contributed by atoms with van der Waals surface area (Å²) >= 11 is 0. The van der Waals surface area contributed by atoms with Crippen LogP contribution in [0.1, 0.15) is 20.8 Å². The maximum Gasteiger partial charge on any atom is 0.203 e. The van der Waals surface area contributed by atoms with Crippen LogP contribution in [0.2, 0.25) is 6.32 Å². The molecule has 0 fully saturated rings. The zero-order chi connectivity index (χ0) is 8.04. The highest BCUT2D eigenvalue weighted by Gasteiger charge is 2.12. The van der Waals surface area contributed by atoms with E-state index in [1.54, 1.807) is 0 Å². The molecule has 0 spiro atoms. The molecule has 0 rings (SSSR count). The first kappa shape index (κ1) is 10.8. The lowest BCUT2D eigenvalue weighted by molar-refractivity contribution is 1.43. The summed E-state index contributed by atoms with van der Waals surface area (Å²) < 4.78 is 0. The van der Waals surface area contributed by atoms with E-state index in [-0.39, 0.29) is 9.06 Å². The van der Waals surface area contributed by atoms with Crippen molar-refractivity contribution in [3.63, 3.8) is 0 Å². The van der Waals surface area contributed by atoms with E-state index < -0.39 is 0 Å². The van der Waals surface area contributed by atoms with Crippen LogP contribution in [-0.2, 0) is 0 Å². The minimum absolute atomic E-state index is 0.260. The Balaban J connectivity index is 3.58. The molecule has 0 heterocycles. The van der Waals surface area contributed by atoms with Crippen LogP contribution in [-0.4, -0.2) is 24.3 Å². The molecule has 0 saturated heterocycles. The van der Waals surface area contributed by atoms with Gasteiger partial charge < -0.3 is 0 Å². The van der Waals surface area contributed by atoms with E-state index in [1.165, 1.54) is 24.4 Å². The van der Waals surface area contributed by atoms with Crippen LogP contribution in [0, 0.1) is 0 Å². The fourth-order valence-corrected chi connectivity index (χ4v) is 4.67. The van der Waals surface area contributed by atoms with Crippen molar-refractivity contribution in [2.75, 3.05) is 17.8 Å². The highest BCUT2D eigenvalue weighted by molar-refractivity contribution is 9.00. The molecule has 62 valence electrons. The summed E-state index contributed by atoms with van der Waals surface area (Å²) in [6.07, 6.45) is 3.78. The second-order valence-electron chi connectivity index (χ2n) is 2.58. The van der Waals surface area contributed by atoms with Gasteiger partial charge in [0, 0.05) is 0 Å². The Hall–Kier alpha value is 0.765. The van der Waals surface area contributed by atoms with Gasteiger partial charge in [0.15, 0.2) is 0 Å². The lowest BCUT2D eigenvalue weighted by Gasteiger charge is -2.32. The highest BCUT2D eigenvalue weighted by atomic mass is 33.2. The van der Waals surface area contributed by atoms with Crippen molar-refractivity contribution in [3.8, 4) is 0 Å². The molecule has 0 nitrogen and oxygen atoms in total. The fourth-order valence-electron chi connectivity index (χ4n) is 0.655. The Morgan fingerprint density at radius 1 is 1.20 bits per heavy atom. The van der Waals surface area contributed by atoms with Crippen LogP contribution in [0.5, 0.6) is 0 Å². The summed E-state index contributed by atoms with van der Waals surface area (Å²) in [4.78, 5) is 0. The van der Waals surface area contributed by atoms with E-state index >= 15 is 0 Å². The Morgan fingerprint density at radius 2 is 1.70 bits per heavy atom. The van der Waals surface area contributed by atoms with E-state index in [2.05, 4.69) is 37.7 Å². The molecule has 0 aliphatic heterocycles. The summed E-state index contributed by atoms with van der Waals surface area (Å²) in [6.45, 7) is 8.26. The monoisotopic (exact) mass is 178 g/mol. The summed E-state index contributed by atoms with van der Waals surface area (Å²) in [5, 5.41) is 0. The molecule has 0 bridgehead atoms. The number of hydrogen-bond acceptors (Lipinski definition) is 1. The molecule has 10 heavy (non-hydrogen) atoms. The van der Waals surface area contributed by atoms with Gasteiger partial charge in [0.1, 0.15) is 0 Å². The molecule has 3 heteroatoms. The smallest absolute Gasteiger partial charge is 0.203 e. The van der Waals surface area contributed by atoms with Gasteiger partial charge in [0.05, 0.1) is 0 Å². The Morgan fingerprint density at radius 3 is 2.00 bits per heavy atom. The van der Waals surface area contributed by atoms with Crippen LogP contribution in [0.25, 0.3) is 0 Å². The minimum atomic E-state index is -0.260. The SMILES string of the molecule is CCBSS(C)(CC)CC. The van der Waals surface area contributed by atoms with Crippen molar-refractivity contribution >= 4 is 26.3 Å². The molecule has 0 aliphatic carbocycles. The largest absolute Gasteiger partial charge is 0.206 e. The first-order chi connectivity index (χ1) is 4.68. The van der Waals surface area contributed by atoms with Gasteiger partial charge in [-0.15, -0.1) is 0 Å². The van der Waals surface area contributed by atoms with Gasteiger partial charge in [-0.05, 0) is 17.8 Å². The topological polar surface area (TPSA) is 0 Å². The Kier molecular flexibility index (Phi) is 5.83. The summed E-state index contributed by atoms with van der Waals surface area (Å²) in [7, 11) is 1.95. The van der Waals surface area contributed by atoms with Crippen molar-refractivity contribution in [2.45, 2.75) is 27.1 Å². The molecule has 0 amide bonds. The Bertz CT molecular complexity index is 81.7. The van der Waals surface area contributed by atoms with Crippen LogP contribution in [0.15, 0.2) is 0 Å². The normalized spacial score (nSPS) is 13.2. The van der Waals surface area contributed by atoms with E-state index in [4.69, 9.17) is 0 Å². The van der Waals surface area contributed by atoms with Gasteiger partial charge in [0.25, 0.3) is 0 Å². The van der Waals surface area contributed by atoms with Crippen LogP contribution >= 0.6 is 19.7 Å². The standard InChI is InChI=1S/C7H19BS2/c1-5-8-9-10(4,6-2)7-3/h8H,5-7H2,1-4H3. The molecular weight excluding hydrogens is 159 g/mol. The quantitative estimate of drug-likeness (QED) is 0.460. The fraction of sp³-hybridized carbons (Fsp3) is 1.00. The van der Waals surface area contributed by atoms with Crippen molar-refractivity contribution in [2.24, 2.45) is 0 Å². The first-order valence-electron chi connectivity index (χ1n) is 4.06. The summed E-state index contributed by atoms with van der Waals surface area (Å²) in [6, 6.07) is 0. The first-order valence-corrected chi connectivity index (χ1v) is 7.94. The van der Waals surface area contributed by atoms with Crippen LogP contribution in [0.3, 0.4) is 0 Å². The average molecular weight is 178 g/mol. The second kappa shape index (κ2) is 5.42. The molecule has 0 aromatic rings. The average Bonchev–Trinajstić information content (AvgIpc) is 2.00. The van der Waals surface area contributed by atoms with Crippen LogP contribution < -0.4 is 0 Å². The van der Waals surface area contributed by atoms with Gasteiger partial charge in [-0.2, -0.15) is 10.6 Å². The molecule has 0 aliphatic rings. The maximum atomic E-state index is 2.45. The van der Waals surface area contributed by atoms with Gasteiger partial charge in [0.2, 0.25) is 6.56 Å². The Labute approximate surface area is 71.4 Å². The summed E-state index contributed by atoms with van der Waals surface area (Å²) in [5.74, 6) is 2.77. The second-order valence-corrected chi connectivity index (χ2v) is 9.87. The molecule has 0 N–H and O–H groups in total. The molecule has 0 unspecified atom stereocenters. The predicted octanol–water partition coefficient (Wildman–Crippen LogP) is 2.90. The zero-order valence-corrected chi connectivity index (χ0v) is 9.28. The third-order valence-electron chi connectivity index (χ3n) is 1.79. The van der Waals surface area contributed by atoms with E-state index in [0.29, 0.717) is 0 Å². The van der Waals surface area contributed by atoms with Gasteiger partial charge in [-0.25, -0.2) is 9.06 Å². The van der Waals surface area contributed by atoms with Gasteiger partial charge >= 0.3 is 0 Å². The van der Waals surface area contributed by atoms with Crippen molar-refractivity contribution in [1.82, 2.24) is 0 Å². The van der Waals surface area contributed by atoms with E-state index in [1.807, 2.05) is 0 Å². The molecule has 0 aromatic carbocycles. The molecule has 0 atom stereocenters. The lowest BCUT2D eigenvalue weighted by atomic mass is 10.1. The maximum absolute atomic E-state index is 2.45. The number of hydrogen-bond donors (Lipinski definition) is 0. The molecule has 0 aromatic heterocycles. The number of rotatable bonds is 5. The van der Waals surface area contributed by atoms with Gasteiger partial charge in [-0.3, -0.25) is 0 Å². The third-order valence-corrected chi connectivity index (χ3v) is 9.00. The lowest BCUT2D eigenvalue weighted by Crippen LogP contribution is -2.00. The predicted molar refractivity (Wildman–Crippen MR) is 59.8 cm³/mol. The molecular formula is C7H19BS2. The highest BCUT2D eigenvalue weighted by Crippen LogP contribution is 2.55. The minimum Gasteiger partial charge on any atom is -0.206 e. The zero-order valence-electron chi connectivity index (χ0n) is 7.64. The van der Waals surface area contributed by atoms with Crippen molar-refractivity contribution in [3.05, 3.63) is 0 Å². The van der Waals surface area contributed by atoms with Crippen molar-refractivity contribution in [1.29, 1.82) is 0 Å². The van der Waals surface area contributed by atoms with Crippen LogP contribution in [0.4, 0.5) is 0 Å². The van der Waals surface area contributed by atoms with E-state index in [0.717, 1.165) is 0 Å². The van der Waals surface area contributed by atoms with Crippen molar-refractivity contribution < 1.29 is 0 Å². The third kappa shape index (κ3) is 3.82. The summed E-state index contributed by atoms with van der Waals surface area (Å²) in [5.41, 5.74) is 0. The van der Waals surface area contributed by atoms with Gasteiger partial charge in [-0.1, -0.05) is 27.1 Å².